The summed E-state index contributed by atoms with van der Waals surface area (Å²) in [6.07, 6.45) is 0. The Morgan fingerprint density at radius 2 is 2.19 bits per heavy atom. The van der Waals surface area contributed by atoms with E-state index in [1.165, 1.54) is 11.3 Å². The van der Waals surface area contributed by atoms with Crippen molar-refractivity contribution in [2.24, 2.45) is 5.92 Å². The average molecular weight is 241 g/mol. The molecule has 1 heterocycles. The second-order valence-electron chi connectivity index (χ2n) is 4.29. The van der Waals surface area contributed by atoms with Gasteiger partial charge in [0.05, 0.1) is 0 Å². The summed E-state index contributed by atoms with van der Waals surface area (Å²) in [6.45, 7) is 9.43. The van der Waals surface area contributed by atoms with Crippen LogP contribution < -0.4 is 0 Å². The molecule has 1 N–H and O–H groups in total. The summed E-state index contributed by atoms with van der Waals surface area (Å²) in [5.74, 6) is -0.193. The second kappa shape index (κ2) is 6.01. The fourth-order valence-electron chi connectivity index (χ4n) is 1.62. The molecule has 1 rings (SSSR count). The maximum absolute atomic E-state index is 10.7. The Bertz CT molecular complexity index is 347. The highest BCUT2D eigenvalue weighted by molar-refractivity contribution is 7.13. The van der Waals surface area contributed by atoms with Crippen LogP contribution in [0.3, 0.4) is 0 Å². The topological polar surface area (TPSA) is 40.5 Å². The Balaban J connectivity index is 2.59. The van der Waals surface area contributed by atoms with Crippen molar-refractivity contribution in [1.29, 1.82) is 0 Å². The van der Waals surface area contributed by atoms with E-state index >= 15 is 0 Å². The summed E-state index contributed by atoms with van der Waals surface area (Å²) >= 11 is 1.37. The largest absolute Gasteiger partial charge is 0.477 e. The lowest BCUT2D eigenvalue weighted by atomic mass is 10.2. The molecule has 0 amide bonds. The summed E-state index contributed by atoms with van der Waals surface area (Å²) < 4.78 is 0. The smallest absolute Gasteiger partial charge is 0.345 e. The molecule has 0 aliphatic carbocycles. The van der Waals surface area contributed by atoms with Gasteiger partial charge in [0.2, 0.25) is 0 Å². The van der Waals surface area contributed by atoms with Crippen molar-refractivity contribution in [2.45, 2.75) is 27.3 Å². The van der Waals surface area contributed by atoms with Crippen LogP contribution in [-0.2, 0) is 6.54 Å². The molecule has 90 valence electrons. The van der Waals surface area contributed by atoms with Crippen molar-refractivity contribution >= 4 is 17.3 Å². The van der Waals surface area contributed by atoms with Crippen molar-refractivity contribution in [2.75, 3.05) is 13.1 Å². The van der Waals surface area contributed by atoms with Crippen LogP contribution in [-0.4, -0.2) is 29.1 Å². The van der Waals surface area contributed by atoms with Crippen LogP contribution in [0.25, 0.3) is 0 Å². The van der Waals surface area contributed by atoms with Gasteiger partial charge in [0.25, 0.3) is 0 Å². The molecule has 0 saturated heterocycles. The van der Waals surface area contributed by atoms with Crippen molar-refractivity contribution in [3.63, 3.8) is 0 Å². The van der Waals surface area contributed by atoms with Crippen molar-refractivity contribution in [1.82, 2.24) is 4.90 Å². The number of thiophene rings is 1. The number of nitrogens with zero attached hydrogens (tertiary/aromatic N) is 1. The summed E-state index contributed by atoms with van der Waals surface area (Å²) in [6, 6.07) is 3.60. The molecule has 0 aliphatic rings. The number of hydrogen-bond donors (Lipinski definition) is 1. The van der Waals surface area contributed by atoms with E-state index in [0.717, 1.165) is 24.5 Å². The van der Waals surface area contributed by atoms with Crippen molar-refractivity contribution < 1.29 is 9.90 Å². The highest BCUT2D eigenvalue weighted by Crippen LogP contribution is 2.18. The number of aromatic carboxylic acids is 1. The lowest BCUT2D eigenvalue weighted by Gasteiger charge is -2.21. The van der Waals surface area contributed by atoms with E-state index in [9.17, 15) is 4.79 Å². The summed E-state index contributed by atoms with van der Waals surface area (Å²) in [5, 5.41) is 8.83. The van der Waals surface area contributed by atoms with Gasteiger partial charge < -0.3 is 5.11 Å². The molecule has 1 aromatic heterocycles. The zero-order valence-corrected chi connectivity index (χ0v) is 10.9. The zero-order valence-electron chi connectivity index (χ0n) is 10.1. The van der Waals surface area contributed by atoms with Gasteiger partial charge in [-0.15, -0.1) is 11.3 Å². The third-order valence-electron chi connectivity index (χ3n) is 2.32. The highest BCUT2D eigenvalue weighted by Gasteiger charge is 2.10. The zero-order chi connectivity index (χ0) is 12.1. The Hall–Kier alpha value is -0.870. The molecule has 0 radical (unpaired) electrons. The summed E-state index contributed by atoms with van der Waals surface area (Å²) in [7, 11) is 0. The van der Waals surface area contributed by atoms with Gasteiger partial charge in [-0.25, -0.2) is 4.79 Å². The minimum Gasteiger partial charge on any atom is -0.477 e. The van der Waals surface area contributed by atoms with Gasteiger partial charge in [-0.05, 0) is 24.6 Å². The van der Waals surface area contributed by atoms with Gasteiger partial charge in [0, 0.05) is 18.0 Å². The molecule has 0 spiro atoms. The summed E-state index contributed by atoms with van der Waals surface area (Å²) in [4.78, 5) is 14.6. The minimum atomic E-state index is -0.830. The van der Waals surface area contributed by atoms with Gasteiger partial charge in [-0.1, -0.05) is 20.8 Å². The Morgan fingerprint density at radius 3 is 2.62 bits per heavy atom. The Labute approximate surface area is 101 Å². The predicted octanol–water partition coefficient (Wildman–Crippen LogP) is 2.92. The molecule has 0 bridgehead atoms. The molecule has 0 atom stereocenters. The first-order valence-electron chi connectivity index (χ1n) is 5.57. The van der Waals surface area contributed by atoms with Crippen LogP contribution in [0.5, 0.6) is 0 Å². The lowest BCUT2D eigenvalue weighted by molar-refractivity contribution is 0.0702. The predicted molar refractivity (Wildman–Crippen MR) is 67.1 cm³/mol. The van der Waals surface area contributed by atoms with Crippen molar-refractivity contribution in [3.8, 4) is 0 Å². The van der Waals surface area contributed by atoms with Crippen LogP contribution >= 0.6 is 11.3 Å². The monoisotopic (exact) mass is 241 g/mol. The lowest BCUT2D eigenvalue weighted by Crippen LogP contribution is -2.26. The minimum absolute atomic E-state index is 0.426. The van der Waals surface area contributed by atoms with Gasteiger partial charge in [0.1, 0.15) is 4.88 Å². The molecule has 0 aliphatic heterocycles. The first-order chi connectivity index (χ1) is 7.52. The molecule has 0 saturated carbocycles. The number of hydrogen-bond acceptors (Lipinski definition) is 3. The first-order valence-corrected chi connectivity index (χ1v) is 6.39. The fourth-order valence-corrected chi connectivity index (χ4v) is 2.51. The van der Waals surface area contributed by atoms with Gasteiger partial charge in [-0.2, -0.15) is 0 Å². The van der Waals surface area contributed by atoms with Crippen LogP contribution in [0, 0.1) is 5.92 Å². The van der Waals surface area contributed by atoms with E-state index in [-0.39, 0.29) is 0 Å². The average Bonchev–Trinajstić information content (AvgIpc) is 2.64. The normalized spacial score (nSPS) is 11.3. The molecule has 1 aromatic rings. The van der Waals surface area contributed by atoms with E-state index in [0.29, 0.717) is 10.8 Å². The molecule has 3 nitrogen and oxygen atoms in total. The fraction of sp³-hybridized carbons (Fsp3) is 0.583. The maximum atomic E-state index is 10.7. The Kier molecular flexibility index (Phi) is 4.96. The van der Waals surface area contributed by atoms with Gasteiger partial charge in [-0.3, -0.25) is 4.90 Å². The number of carboxylic acids is 1. The molecular formula is C12H19NO2S. The quantitative estimate of drug-likeness (QED) is 0.832. The molecule has 0 unspecified atom stereocenters. The van der Waals surface area contributed by atoms with Gasteiger partial charge in [0.15, 0.2) is 0 Å². The standard InChI is InChI=1S/C12H19NO2S/c1-4-13(7-9(2)3)8-10-5-6-11(16-10)12(14)15/h5-6,9H,4,7-8H2,1-3H3,(H,14,15). The molecule has 0 fully saturated rings. The molecule has 0 aromatic carbocycles. The number of rotatable bonds is 6. The van der Waals surface area contributed by atoms with Crippen molar-refractivity contribution in [3.05, 3.63) is 21.9 Å². The third-order valence-corrected chi connectivity index (χ3v) is 3.38. The van der Waals surface area contributed by atoms with Crippen LogP contribution in [0.1, 0.15) is 35.3 Å². The second-order valence-corrected chi connectivity index (χ2v) is 5.46. The van der Waals surface area contributed by atoms with Gasteiger partial charge >= 0.3 is 5.97 Å². The molecular weight excluding hydrogens is 222 g/mol. The van der Waals surface area contributed by atoms with Crippen LogP contribution in [0.15, 0.2) is 12.1 Å². The Morgan fingerprint density at radius 1 is 1.50 bits per heavy atom. The first kappa shape index (κ1) is 13.2. The van der Waals surface area contributed by atoms with Crippen LogP contribution in [0.4, 0.5) is 0 Å². The highest BCUT2D eigenvalue weighted by atomic mass is 32.1. The van der Waals surface area contributed by atoms with E-state index in [1.54, 1.807) is 6.07 Å². The number of carbonyl (C=O) groups is 1. The molecule has 4 heteroatoms. The van der Waals surface area contributed by atoms with E-state index in [2.05, 4.69) is 25.7 Å². The third kappa shape index (κ3) is 3.94. The SMILES string of the molecule is CCN(Cc1ccc(C(=O)O)s1)CC(C)C. The maximum Gasteiger partial charge on any atom is 0.345 e. The summed E-state index contributed by atoms with van der Waals surface area (Å²) in [5.41, 5.74) is 0. The van der Waals surface area contributed by atoms with Crippen LogP contribution in [0.2, 0.25) is 0 Å². The van der Waals surface area contributed by atoms with E-state index in [1.807, 2.05) is 6.07 Å². The van der Waals surface area contributed by atoms with E-state index in [4.69, 9.17) is 5.11 Å². The van der Waals surface area contributed by atoms with E-state index < -0.39 is 5.97 Å². The molecule has 16 heavy (non-hydrogen) atoms. The number of carboxylic acid groups (broad SMARTS) is 1.